The number of rotatable bonds is 4. The van der Waals surface area contributed by atoms with Crippen molar-refractivity contribution in [2.75, 3.05) is 0 Å². The Labute approximate surface area is 206 Å². The molecule has 0 fully saturated rings. The van der Waals surface area contributed by atoms with Gasteiger partial charge in [-0.1, -0.05) is 72.8 Å². The van der Waals surface area contributed by atoms with Gasteiger partial charge >= 0.3 is 0 Å². The maximum Gasteiger partial charge on any atom is 0.125 e. The van der Waals surface area contributed by atoms with Gasteiger partial charge in [0.1, 0.15) is 11.5 Å². The number of nitrogens with zero attached hydrogens (tertiary/aromatic N) is 4. The second-order valence-electron chi connectivity index (χ2n) is 8.35. The Balaban J connectivity index is 1.46. The molecule has 6 nitrogen and oxygen atoms in total. The molecule has 6 heteroatoms. The summed E-state index contributed by atoms with van der Waals surface area (Å²) in [6, 6.07) is 33.8. The molecule has 0 unspecified atom stereocenters. The molecule has 6 aromatic carbocycles. The lowest BCUT2D eigenvalue weighted by Gasteiger charge is -2.09. The quantitative estimate of drug-likeness (QED) is 0.252. The molecular weight excluding hydrogens is 448 g/mol. The molecule has 2 N–H and O–H groups in total. The van der Waals surface area contributed by atoms with E-state index < -0.39 is 0 Å². The minimum absolute atomic E-state index is 0.0307. The Hall–Kier alpha value is -5.10. The van der Waals surface area contributed by atoms with Crippen LogP contribution < -0.4 is 0 Å². The molecule has 0 amide bonds. The van der Waals surface area contributed by atoms with E-state index in [4.69, 9.17) is 0 Å². The Morgan fingerprint density at radius 2 is 0.750 bits per heavy atom. The minimum Gasteiger partial charge on any atom is -0.507 e. The van der Waals surface area contributed by atoms with Crippen LogP contribution in [-0.2, 0) is 0 Å². The molecule has 0 saturated carbocycles. The fourth-order valence-electron chi connectivity index (χ4n) is 4.40. The normalized spacial score (nSPS) is 11.9. The summed E-state index contributed by atoms with van der Waals surface area (Å²) in [4.78, 5) is 0. The van der Waals surface area contributed by atoms with Crippen molar-refractivity contribution < 1.29 is 10.2 Å². The van der Waals surface area contributed by atoms with Gasteiger partial charge in [-0.3, -0.25) is 0 Å². The Morgan fingerprint density at radius 1 is 0.361 bits per heavy atom. The highest BCUT2D eigenvalue weighted by Crippen LogP contribution is 2.44. The van der Waals surface area contributed by atoms with Gasteiger partial charge in [-0.25, -0.2) is 0 Å². The standard InChI is InChI=1S/C30H20N4O2/c35-27-18-16-26(34-32-24-14-6-10-20-8-2-4-12-22(20)24)30-28(36)17-15-25(29(27)30)33-31-23-13-5-9-19-7-1-3-11-21(19)23/h1-18,35-36H. The molecule has 0 aliphatic rings. The predicted octanol–water partition coefficient (Wildman–Crippen LogP) is 9.39. The number of phenolic OH excluding ortho intramolecular Hbond substituents is 2. The van der Waals surface area contributed by atoms with Gasteiger partial charge in [-0.15, -0.1) is 20.5 Å². The van der Waals surface area contributed by atoms with Crippen molar-refractivity contribution in [3.8, 4) is 11.5 Å². The average Bonchev–Trinajstić information content (AvgIpc) is 2.92. The molecule has 0 aliphatic carbocycles. The van der Waals surface area contributed by atoms with E-state index in [1.54, 1.807) is 12.1 Å². The molecule has 172 valence electrons. The number of hydrogen-bond acceptors (Lipinski definition) is 6. The molecule has 0 spiro atoms. The van der Waals surface area contributed by atoms with Crippen molar-refractivity contribution in [1.29, 1.82) is 0 Å². The van der Waals surface area contributed by atoms with Gasteiger partial charge < -0.3 is 10.2 Å². The molecule has 0 radical (unpaired) electrons. The molecule has 6 rings (SSSR count). The van der Waals surface area contributed by atoms with Crippen LogP contribution in [0.15, 0.2) is 130 Å². The number of benzene rings is 6. The summed E-state index contributed by atoms with van der Waals surface area (Å²) >= 11 is 0. The Kier molecular flexibility index (Phi) is 5.31. The van der Waals surface area contributed by atoms with E-state index in [0.29, 0.717) is 33.5 Å². The summed E-state index contributed by atoms with van der Waals surface area (Å²) in [5.74, 6) is -0.0613. The number of aromatic hydroxyl groups is 2. The zero-order chi connectivity index (χ0) is 24.5. The van der Waals surface area contributed by atoms with Crippen LogP contribution in [0.3, 0.4) is 0 Å². The topological polar surface area (TPSA) is 89.9 Å². The van der Waals surface area contributed by atoms with Crippen molar-refractivity contribution in [3.05, 3.63) is 109 Å². The summed E-state index contributed by atoms with van der Waals surface area (Å²) < 4.78 is 0. The lowest BCUT2D eigenvalue weighted by molar-refractivity contribution is 0.476. The van der Waals surface area contributed by atoms with E-state index in [0.717, 1.165) is 21.5 Å². The number of azo groups is 2. The van der Waals surface area contributed by atoms with E-state index in [9.17, 15) is 10.2 Å². The molecule has 0 atom stereocenters. The zero-order valence-corrected chi connectivity index (χ0v) is 19.1. The van der Waals surface area contributed by atoms with Crippen LogP contribution in [0.25, 0.3) is 32.3 Å². The molecule has 6 aromatic rings. The van der Waals surface area contributed by atoms with Crippen LogP contribution in [0.5, 0.6) is 11.5 Å². The lowest BCUT2D eigenvalue weighted by Crippen LogP contribution is -1.79. The molecule has 0 heterocycles. The highest BCUT2D eigenvalue weighted by Gasteiger charge is 2.14. The van der Waals surface area contributed by atoms with Gasteiger partial charge in [0.2, 0.25) is 0 Å². The molecule has 0 bridgehead atoms. The van der Waals surface area contributed by atoms with Crippen LogP contribution in [0.4, 0.5) is 22.7 Å². The number of fused-ring (bicyclic) bond motifs is 3. The fraction of sp³-hybridized carbons (Fsp3) is 0. The third kappa shape index (κ3) is 3.80. The minimum atomic E-state index is -0.0307. The van der Waals surface area contributed by atoms with Crippen molar-refractivity contribution in [2.45, 2.75) is 0 Å². The highest BCUT2D eigenvalue weighted by molar-refractivity contribution is 6.07. The first-order chi connectivity index (χ1) is 17.7. The van der Waals surface area contributed by atoms with E-state index in [1.807, 2.05) is 84.9 Å². The van der Waals surface area contributed by atoms with E-state index in [1.165, 1.54) is 12.1 Å². The molecular formula is C30H20N4O2. The maximum absolute atomic E-state index is 10.7. The summed E-state index contributed by atoms with van der Waals surface area (Å²) in [5.41, 5.74) is 2.24. The van der Waals surface area contributed by atoms with E-state index >= 15 is 0 Å². The number of hydrogen-bond donors (Lipinski definition) is 2. The van der Waals surface area contributed by atoms with Crippen LogP contribution in [-0.4, -0.2) is 10.2 Å². The van der Waals surface area contributed by atoms with Gasteiger partial charge in [0.05, 0.1) is 33.5 Å². The maximum atomic E-state index is 10.7. The Morgan fingerprint density at radius 3 is 1.22 bits per heavy atom. The summed E-state index contributed by atoms with van der Waals surface area (Å²) in [7, 11) is 0. The second-order valence-corrected chi connectivity index (χ2v) is 8.35. The van der Waals surface area contributed by atoms with Gasteiger partial charge in [0, 0.05) is 10.8 Å². The van der Waals surface area contributed by atoms with Crippen molar-refractivity contribution >= 4 is 55.1 Å². The first-order valence-electron chi connectivity index (χ1n) is 11.5. The summed E-state index contributed by atoms with van der Waals surface area (Å²) in [6.07, 6.45) is 0. The smallest absolute Gasteiger partial charge is 0.125 e. The molecule has 0 aliphatic heterocycles. The third-order valence-electron chi connectivity index (χ3n) is 6.14. The first-order valence-corrected chi connectivity index (χ1v) is 11.5. The monoisotopic (exact) mass is 468 g/mol. The predicted molar refractivity (Wildman–Crippen MR) is 144 cm³/mol. The van der Waals surface area contributed by atoms with Crippen molar-refractivity contribution in [1.82, 2.24) is 0 Å². The molecule has 0 saturated heterocycles. The third-order valence-corrected chi connectivity index (χ3v) is 6.14. The van der Waals surface area contributed by atoms with Crippen LogP contribution in [0.1, 0.15) is 0 Å². The number of phenols is 2. The van der Waals surface area contributed by atoms with E-state index in [2.05, 4.69) is 20.5 Å². The summed E-state index contributed by atoms with van der Waals surface area (Å²) in [5, 5.41) is 44.0. The van der Waals surface area contributed by atoms with Gasteiger partial charge in [-0.05, 0) is 47.2 Å². The van der Waals surface area contributed by atoms with Crippen molar-refractivity contribution in [2.24, 2.45) is 20.5 Å². The second kappa shape index (κ2) is 8.92. The SMILES string of the molecule is Oc1ccc(N=Nc2cccc3ccccc23)c2c(O)ccc(N=Nc3cccc4ccccc34)c12. The summed E-state index contributed by atoms with van der Waals surface area (Å²) in [6.45, 7) is 0. The largest absolute Gasteiger partial charge is 0.507 e. The van der Waals surface area contributed by atoms with Gasteiger partial charge in [0.25, 0.3) is 0 Å². The Bertz CT molecular complexity index is 1680. The van der Waals surface area contributed by atoms with Crippen LogP contribution >= 0.6 is 0 Å². The average molecular weight is 469 g/mol. The lowest BCUT2D eigenvalue weighted by atomic mass is 10.0. The van der Waals surface area contributed by atoms with Crippen LogP contribution in [0, 0.1) is 0 Å². The van der Waals surface area contributed by atoms with Crippen molar-refractivity contribution in [3.63, 3.8) is 0 Å². The van der Waals surface area contributed by atoms with E-state index in [-0.39, 0.29) is 11.5 Å². The van der Waals surface area contributed by atoms with Crippen LogP contribution in [0.2, 0.25) is 0 Å². The van der Waals surface area contributed by atoms with Gasteiger partial charge in [-0.2, -0.15) is 0 Å². The highest BCUT2D eigenvalue weighted by atomic mass is 16.3. The first kappa shape index (κ1) is 21.4. The molecule has 36 heavy (non-hydrogen) atoms. The molecule has 0 aromatic heterocycles. The van der Waals surface area contributed by atoms with Gasteiger partial charge in [0.15, 0.2) is 0 Å². The zero-order valence-electron chi connectivity index (χ0n) is 19.1. The fourth-order valence-corrected chi connectivity index (χ4v) is 4.40.